The van der Waals surface area contributed by atoms with E-state index in [1.165, 1.54) is 4.88 Å². The van der Waals surface area contributed by atoms with Crippen LogP contribution in [0.5, 0.6) is 5.75 Å². The molecule has 0 aliphatic carbocycles. The van der Waals surface area contributed by atoms with Crippen molar-refractivity contribution in [1.29, 1.82) is 0 Å². The molecule has 0 unspecified atom stereocenters. The number of thiocarbonyl (C=S) groups is 1. The molecule has 0 radical (unpaired) electrons. The zero-order valence-corrected chi connectivity index (χ0v) is 17.1. The van der Waals surface area contributed by atoms with Gasteiger partial charge in [-0.1, -0.05) is 6.07 Å². The molecule has 7 heteroatoms. The van der Waals surface area contributed by atoms with Crippen LogP contribution in [0, 0.1) is 0 Å². The Labute approximate surface area is 170 Å². The molecule has 1 aliphatic rings. The molecule has 1 aromatic carbocycles. The van der Waals surface area contributed by atoms with Gasteiger partial charge in [-0.25, -0.2) is 0 Å². The highest BCUT2D eigenvalue weighted by molar-refractivity contribution is 9.11. The van der Waals surface area contributed by atoms with E-state index in [-0.39, 0.29) is 12.1 Å². The van der Waals surface area contributed by atoms with E-state index in [1.807, 2.05) is 48.7 Å². The number of hydrogen-bond donors (Lipinski definition) is 1. The van der Waals surface area contributed by atoms with Crippen LogP contribution in [0.25, 0.3) is 0 Å². The number of rotatable bonds is 4. The van der Waals surface area contributed by atoms with E-state index in [9.17, 15) is 0 Å². The summed E-state index contributed by atoms with van der Waals surface area (Å²) in [6.45, 7) is 0. The number of benzene rings is 1. The number of aromatic nitrogens is 1. The van der Waals surface area contributed by atoms with Crippen LogP contribution in [0.15, 0.2) is 64.6 Å². The fourth-order valence-corrected chi connectivity index (χ4v) is 5.05. The van der Waals surface area contributed by atoms with Crippen molar-refractivity contribution in [2.75, 3.05) is 12.0 Å². The zero-order chi connectivity index (χ0) is 18.1. The van der Waals surface area contributed by atoms with Crippen molar-refractivity contribution in [3.05, 3.63) is 75.2 Å². The maximum atomic E-state index is 5.69. The van der Waals surface area contributed by atoms with Gasteiger partial charge in [-0.2, -0.15) is 0 Å². The van der Waals surface area contributed by atoms with Crippen LogP contribution < -0.4 is 15.0 Å². The first-order chi connectivity index (χ1) is 12.7. The summed E-state index contributed by atoms with van der Waals surface area (Å²) in [5.74, 6) is 0.823. The maximum Gasteiger partial charge on any atom is 0.174 e. The Kier molecular flexibility index (Phi) is 4.93. The molecule has 1 aliphatic heterocycles. The van der Waals surface area contributed by atoms with Crippen molar-refractivity contribution in [1.82, 2.24) is 10.3 Å². The van der Waals surface area contributed by atoms with Crippen molar-refractivity contribution < 1.29 is 4.74 Å². The summed E-state index contributed by atoms with van der Waals surface area (Å²) < 4.78 is 6.38. The number of hydrogen-bond acceptors (Lipinski definition) is 4. The number of methoxy groups -OCH3 is 1. The van der Waals surface area contributed by atoms with E-state index in [4.69, 9.17) is 17.0 Å². The van der Waals surface area contributed by atoms with Crippen molar-refractivity contribution in [2.45, 2.75) is 12.1 Å². The molecule has 26 heavy (non-hydrogen) atoms. The molecule has 0 amide bonds. The first-order valence-electron chi connectivity index (χ1n) is 8.07. The van der Waals surface area contributed by atoms with E-state index < -0.39 is 0 Å². The lowest BCUT2D eigenvalue weighted by Crippen LogP contribution is -2.28. The summed E-state index contributed by atoms with van der Waals surface area (Å²) in [6, 6.07) is 18.2. The lowest BCUT2D eigenvalue weighted by molar-refractivity contribution is 0.415. The van der Waals surface area contributed by atoms with Gasteiger partial charge in [-0.15, -0.1) is 11.3 Å². The van der Waals surface area contributed by atoms with Crippen LogP contribution in [0.1, 0.15) is 22.7 Å². The molecule has 1 N–H and O–H groups in total. The largest absolute Gasteiger partial charge is 0.497 e. The third kappa shape index (κ3) is 3.22. The maximum absolute atomic E-state index is 5.69. The molecule has 0 saturated carbocycles. The Hall–Kier alpha value is -1.96. The molecule has 4 rings (SSSR count). The summed E-state index contributed by atoms with van der Waals surface area (Å²) in [5, 5.41) is 4.15. The van der Waals surface area contributed by atoms with Gasteiger partial charge in [0.15, 0.2) is 5.11 Å². The molecule has 4 nitrogen and oxygen atoms in total. The Bertz CT molecular complexity index is 914. The van der Waals surface area contributed by atoms with E-state index in [2.05, 4.69) is 43.3 Å². The van der Waals surface area contributed by atoms with Gasteiger partial charge < -0.3 is 15.0 Å². The monoisotopic (exact) mass is 445 g/mol. The molecule has 2 atom stereocenters. The van der Waals surface area contributed by atoms with Crippen molar-refractivity contribution in [3.63, 3.8) is 0 Å². The highest BCUT2D eigenvalue weighted by atomic mass is 79.9. The van der Waals surface area contributed by atoms with Crippen LogP contribution in [0.2, 0.25) is 0 Å². The van der Waals surface area contributed by atoms with E-state index in [0.29, 0.717) is 5.11 Å². The fraction of sp³-hybridized carbons (Fsp3) is 0.158. The Balaban J connectivity index is 1.79. The summed E-state index contributed by atoms with van der Waals surface area (Å²) in [6.07, 6.45) is 1.82. The highest BCUT2D eigenvalue weighted by Crippen LogP contribution is 2.44. The predicted octanol–water partition coefficient (Wildman–Crippen LogP) is 5.09. The van der Waals surface area contributed by atoms with Crippen LogP contribution in [-0.2, 0) is 0 Å². The van der Waals surface area contributed by atoms with Gasteiger partial charge in [-0.3, -0.25) is 4.98 Å². The third-order valence-electron chi connectivity index (χ3n) is 4.33. The van der Waals surface area contributed by atoms with E-state index >= 15 is 0 Å². The Morgan fingerprint density at radius 1 is 1.15 bits per heavy atom. The summed E-state index contributed by atoms with van der Waals surface area (Å²) in [7, 11) is 1.67. The highest BCUT2D eigenvalue weighted by Gasteiger charge is 2.41. The van der Waals surface area contributed by atoms with Crippen molar-refractivity contribution in [3.8, 4) is 5.75 Å². The van der Waals surface area contributed by atoms with Crippen molar-refractivity contribution in [2.24, 2.45) is 0 Å². The number of nitrogens with one attached hydrogen (secondary N) is 1. The standard InChI is InChI=1S/C19H16BrN3OS2/c1-24-13-7-5-12(6-8-13)23-18(15-9-10-16(20)26-15)17(22-19(23)25)14-4-2-3-11-21-14/h2-11,17-18H,1H3,(H,22,25)/t17-,18+/m0/s1. The number of pyridine rings is 1. The number of thiophene rings is 1. The second kappa shape index (κ2) is 7.34. The summed E-state index contributed by atoms with van der Waals surface area (Å²) in [5.41, 5.74) is 2.00. The Morgan fingerprint density at radius 2 is 1.96 bits per heavy atom. The van der Waals surface area contributed by atoms with Crippen LogP contribution in [-0.4, -0.2) is 17.2 Å². The average molecular weight is 446 g/mol. The fourth-order valence-electron chi connectivity index (χ4n) is 3.15. The molecule has 0 spiro atoms. The molecule has 0 bridgehead atoms. The summed E-state index contributed by atoms with van der Waals surface area (Å²) >= 11 is 11.0. The number of anilines is 1. The summed E-state index contributed by atoms with van der Waals surface area (Å²) in [4.78, 5) is 7.93. The molecule has 2 aromatic heterocycles. The normalized spacial score (nSPS) is 19.5. The minimum atomic E-state index is -0.0173. The van der Waals surface area contributed by atoms with Gasteiger partial charge in [0.1, 0.15) is 5.75 Å². The van der Waals surface area contributed by atoms with Gasteiger partial charge in [0.2, 0.25) is 0 Å². The quantitative estimate of drug-likeness (QED) is 0.565. The molecule has 1 saturated heterocycles. The minimum absolute atomic E-state index is 0.0173. The third-order valence-corrected chi connectivity index (χ3v) is 6.34. The zero-order valence-electron chi connectivity index (χ0n) is 13.9. The Morgan fingerprint density at radius 3 is 2.58 bits per heavy atom. The second-order valence-electron chi connectivity index (χ2n) is 5.84. The van der Waals surface area contributed by atoms with Crippen LogP contribution in [0.4, 0.5) is 5.69 Å². The first-order valence-corrected chi connectivity index (χ1v) is 10.1. The van der Waals surface area contributed by atoms with Gasteiger partial charge in [0, 0.05) is 16.8 Å². The molecule has 1 fully saturated rings. The lowest BCUT2D eigenvalue weighted by atomic mass is 10.0. The van der Waals surface area contributed by atoms with Crippen LogP contribution >= 0.6 is 39.5 Å². The van der Waals surface area contributed by atoms with Gasteiger partial charge >= 0.3 is 0 Å². The molecule has 132 valence electrons. The van der Waals surface area contributed by atoms with E-state index in [1.54, 1.807) is 18.4 Å². The SMILES string of the molecule is COc1ccc(N2C(=S)N[C@@H](c3ccccn3)[C@H]2c2ccc(Br)s2)cc1. The number of nitrogens with zero attached hydrogens (tertiary/aromatic N) is 2. The topological polar surface area (TPSA) is 37.4 Å². The van der Waals surface area contributed by atoms with Crippen molar-refractivity contribution >= 4 is 50.3 Å². The lowest BCUT2D eigenvalue weighted by Gasteiger charge is -2.27. The number of ether oxygens (including phenoxy) is 1. The average Bonchev–Trinajstić information content (AvgIpc) is 3.25. The molecule has 3 heterocycles. The first kappa shape index (κ1) is 17.5. The van der Waals surface area contributed by atoms with Gasteiger partial charge in [0.25, 0.3) is 0 Å². The minimum Gasteiger partial charge on any atom is -0.497 e. The molecule has 3 aromatic rings. The second-order valence-corrected chi connectivity index (χ2v) is 8.72. The van der Waals surface area contributed by atoms with E-state index in [0.717, 1.165) is 20.9 Å². The number of halogens is 1. The van der Waals surface area contributed by atoms with Gasteiger partial charge in [0.05, 0.1) is 28.7 Å². The van der Waals surface area contributed by atoms with Crippen LogP contribution in [0.3, 0.4) is 0 Å². The predicted molar refractivity (Wildman–Crippen MR) is 113 cm³/mol. The molecular formula is C19H16BrN3OS2. The smallest absolute Gasteiger partial charge is 0.174 e. The van der Waals surface area contributed by atoms with Gasteiger partial charge in [-0.05, 0) is 76.7 Å². The molecular weight excluding hydrogens is 430 g/mol.